The molecule has 2 saturated carbocycles. The highest BCUT2D eigenvalue weighted by molar-refractivity contribution is 5.97. The van der Waals surface area contributed by atoms with Crippen molar-refractivity contribution in [3.8, 4) is 5.75 Å². The van der Waals surface area contributed by atoms with Gasteiger partial charge >= 0.3 is 5.97 Å². The minimum Gasteiger partial charge on any atom is -0.508 e. The van der Waals surface area contributed by atoms with E-state index < -0.39 is 0 Å². The molecule has 0 aromatic heterocycles. The second kappa shape index (κ2) is 3.98. The first-order valence-electron chi connectivity index (χ1n) is 6.94. The number of hydrogen-bond donors (Lipinski definition) is 2. The van der Waals surface area contributed by atoms with Gasteiger partial charge in [-0.2, -0.15) is 0 Å². The first-order chi connectivity index (χ1) is 9.63. The molecule has 1 aromatic carbocycles. The highest BCUT2D eigenvalue weighted by Crippen LogP contribution is 2.57. The van der Waals surface area contributed by atoms with Crippen molar-refractivity contribution < 1.29 is 19.4 Å². The molecule has 5 heteroatoms. The van der Waals surface area contributed by atoms with Gasteiger partial charge in [0.1, 0.15) is 11.9 Å². The SMILES string of the molecule is O=C(Nc1cccc(O)c1)[C@@H]1[C@@H]2C[C@H]3[C@@H]1C(=O)O[C@@H]3C2. The molecule has 0 unspecified atom stereocenters. The number of nitrogens with one attached hydrogen (secondary N) is 1. The maximum Gasteiger partial charge on any atom is 0.310 e. The van der Waals surface area contributed by atoms with Crippen molar-refractivity contribution in [3.05, 3.63) is 24.3 Å². The Labute approximate surface area is 115 Å². The van der Waals surface area contributed by atoms with Crippen LogP contribution >= 0.6 is 0 Å². The normalized spacial score (nSPS) is 37.0. The summed E-state index contributed by atoms with van der Waals surface area (Å²) < 4.78 is 5.33. The smallest absolute Gasteiger partial charge is 0.310 e. The average Bonchev–Trinajstić information content (AvgIpc) is 2.99. The van der Waals surface area contributed by atoms with Gasteiger partial charge in [0, 0.05) is 17.7 Å². The van der Waals surface area contributed by atoms with Crippen LogP contribution in [0.2, 0.25) is 0 Å². The molecule has 104 valence electrons. The molecule has 3 fully saturated rings. The molecule has 5 nitrogen and oxygen atoms in total. The van der Waals surface area contributed by atoms with Crippen LogP contribution in [0.5, 0.6) is 5.75 Å². The molecule has 2 bridgehead atoms. The largest absolute Gasteiger partial charge is 0.508 e. The molecule has 0 radical (unpaired) electrons. The Morgan fingerprint density at radius 1 is 1.35 bits per heavy atom. The van der Waals surface area contributed by atoms with Gasteiger partial charge in [-0.1, -0.05) is 6.07 Å². The number of carbonyl (C=O) groups excluding carboxylic acids is 2. The van der Waals surface area contributed by atoms with E-state index in [1.54, 1.807) is 18.2 Å². The van der Waals surface area contributed by atoms with Crippen molar-refractivity contribution in [2.75, 3.05) is 5.32 Å². The molecule has 1 aliphatic heterocycles. The van der Waals surface area contributed by atoms with Crippen LogP contribution in [0.1, 0.15) is 12.8 Å². The number of ether oxygens (including phenoxy) is 1. The maximum absolute atomic E-state index is 12.4. The van der Waals surface area contributed by atoms with Crippen molar-refractivity contribution >= 4 is 17.6 Å². The summed E-state index contributed by atoms with van der Waals surface area (Å²) in [5.74, 6) is -0.312. The second-order valence-corrected chi connectivity index (χ2v) is 5.96. The Bertz CT molecular complexity index is 597. The van der Waals surface area contributed by atoms with Crippen LogP contribution in [-0.4, -0.2) is 23.1 Å². The molecule has 3 aliphatic rings. The maximum atomic E-state index is 12.4. The van der Waals surface area contributed by atoms with E-state index >= 15 is 0 Å². The lowest BCUT2D eigenvalue weighted by atomic mass is 9.79. The highest BCUT2D eigenvalue weighted by atomic mass is 16.6. The van der Waals surface area contributed by atoms with Gasteiger partial charge in [0.25, 0.3) is 0 Å². The Balaban J connectivity index is 1.56. The molecule has 1 saturated heterocycles. The first kappa shape index (κ1) is 11.8. The fourth-order valence-electron chi connectivity index (χ4n) is 4.17. The summed E-state index contributed by atoms with van der Waals surface area (Å²) in [6.45, 7) is 0. The fraction of sp³-hybridized carbons (Fsp3) is 0.467. The third-order valence-electron chi connectivity index (χ3n) is 4.90. The average molecular weight is 273 g/mol. The Kier molecular flexibility index (Phi) is 2.34. The molecule has 2 N–H and O–H groups in total. The Hall–Kier alpha value is -2.04. The molecule has 4 rings (SSSR count). The van der Waals surface area contributed by atoms with E-state index in [0.29, 0.717) is 5.69 Å². The van der Waals surface area contributed by atoms with Crippen LogP contribution in [0.4, 0.5) is 5.69 Å². The number of esters is 1. The van der Waals surface area contributed by atoms with Crippen LogP contribution in [0.15, 0.2) is 24.3 Å². The third kappa shape index (κ3) is 1.55. The summed E-state index contributed by atoms with van der Waals surface area (Å²) in [6.07, 6.45) is 1.77. The lowest BCUT2D eigenvalue weighted by molar-refractivity contribution is -0.145. The number of amides is 1. The number of benzene rings is 1. The van der Waals surface area contributed by atoms with E-state index in [4.69, 9.17) is 4.74 Å². The molecule has 20 heavy (non-hydrogen) atoms. The fourth-order valence-corrected chi connectivity index (χ4v) is 4.17. The zero-order chi connectivity index (χ0) is 13.9. The summed E-state index contributed by atoms with van der Waals surface area (Å²) in [4.78, 5) is 24.3. The molecule has 5 atom stereocenters. The van der Waals surface area contributed by atoms with Crippen molar-refractivity contribution in [1.29, 1.82) is 0 Å². The van der Waals surface area contributed by atoms with Crippen molar-refractivity contribution in [3.63, 3.8) is 0 Å². The summed E-state index contributed by atoms with van der Waals surface area (Å²) in [6, 6.07) is 6.44. The van der Waals surface area contributed by atoms with E-state index in [-0.39, 0.29) is 47.4 Å². The van der Waals surface area contributed by atoms with Crippen LogP contribution < -0.4 is 5.32 Å². The Morgan fingerprint density at radius 2 is 2.20 bits per heavy atom. The molecular formula is C15H15NO4. The zero-order valence-corrected chi connectivity index (χ0v) is 10.8. The summed E-state index contributed by atoms with van der Waals surface area (Å²) >= 11 is 0. The standard InChI is InChI=1S/C15H15NO4/c17-9-3-1-2-8(6-9)16-14(18)12-7-4-10-11(5-7)20-15(19)13(10)12/h1-3,6-7,10-13,17H,4-5H2,(H,16,18)/t7-,10-,11-,12-,13+/m1/s1. The number of rotatable bonds is 2. The summed E-state index contributed by atoms with van der Waals surface area (Å²) in [5.41, 5.74) is 0.556. The lowest BCUT2D eigenvalue weighted by Crippen LogP contribution is -2.35. The van der Waals surface area contributed by atoms with E-state index in [9.17, 15) is 14.7 Å². The number of aromatic hydroxyl groups is 1. The molecular weight excluding hydrogens is 258 g/mol. The summed E-state index contributed by atoms with van der Waals surface area (Å²) in [7, 11) is 0. The van der Waals surface area contributed by atoms with Crippen molar-refractivity contribution in [2.45, 2.75) is 18.9 Å². The predicted molar refractivity (Wildman–Crippen MR) is 69.8 cm³/mol. The van der Waals surface area contributed by atoms with Crippen LogP contribution in [0, 0.1) is 23.7 Å². The first-order valence-corrected chi connectivity index (χ1v) is 6.94. The van der Waals surface area contributed by atoms with E-state index in [2.05, 4.69) is 5.32 Å². The minimum atomic E-state index is -0.284. The third-order valence-corrected chi connectivity index (χ3v) is 4.90. The van der Waals surface area contributed by atoms with Crippen LogP contribution in [0.25, 0.3) is 0 Å². The predicted octanol–water partition coefficient (Wildman–Crippen LogP) is 1.53. The molecule has 1 amide bonds. The number of phenols is 1. The molecule has 0 spiro atoms. The molecule has 1 aromatic rings. The van der Waals surface area contributed by atoms with E-state index in [1.165, 1.54) is 6.07 Å². The van der Waals surface area contributed by atoms with Gasteiger partial charge < -0.3 is 15.2 Å². The van der Waals surface area contributed by atoms with Gasteiger partial charge in [-0.3, -0.25) is 9.59 Å². The zero-order valence-electron chi connectivity index (χ0n) is 10.8. The topological polar surface area (TPSA) is 75.6 Å². The van der Waals surface area contributed by atoms with Gasteiger partial charge in [-0.15, -0.1) is 0 Å². The van der Waals surface area contributed by atoms with Gasteiger partial charge in [0.15, 0.2) is 0 Å². The number of phenolic OH excluding ortho intramolecular Hbond substituents is 1. The van der Waals surface area contributed by atoms with Gasteiger partial charge in [-0.05, 0) is 30.9 Å². The number of anilines is 1. The molecule has 2 aliphatic carbocycles. The van der Waals surface area contributed by atoms with Crippen LogP contribution in [0.3, 0.4) is 0 Å². The Morgan fingerprint density at radius 3 is 3.00 bits per heavy atom. The second-order valence-electron chi connectivity index (χ2n) is 5.96. The summed E-state index contributed by atoms with van der Waals surface area (Å²) in [5, 5.41) is 12.2. The highest BCUT2D eigenvalue weighted by Gasteiger charge is 2.63. The van der Waals surface area contributed by atoms with Gasteiger partial charge in [0.05, 0.1) is 11.8 Å². The number of carbonyl (C=O) groups is 2. The van der Waals surface area contributed by atoms with E-state index in [0.717, 1.165) is 12.8 Å². The van der Waals surface area contributed by atoms with Crippen molar-refractivity contribution in [2.24, 2.45) is 23.7 Å². The van der Waals surface area contributed by atoms with E-state index in [1.807, 2.05) is 0 Å². The van der Waals surface area contributed by atoms with Crippen LogP contribution in [-0.2, 0) is 14.3 Å². The monoisotopic (exact) mass is 273 g/mol. The molecule has 1 heterocycles. The van der Waals surface area contributed by atoms with Crippen molar-refractivity contribution in [1.82, 2.24) is 0 Å². The number of hydrogen-bond acceptors (Lipinski definition) is 4. The lowest BCUT2D eigenvalue weighted by Gasteiger charge is -2.23. The minimum absolute atomic E-state index is 0.0438. The quantitative estimate of drug-likeness (QED) is 0.801. The van der Waals surface area contributed by atoms with Gasteiger partial charge in [-0.25, -0.2) is 0 Å². The number of fused-ring (bicyclic) bond motifs is 1. The van der Waals surface area contributed by atoms with Gasteiger partial charge in [0.2, 0.25) is 5.91 Å².